The van der Waals surface area contributed by atoms with Crippen molar-refractivity contribution in [2.45, 2.75) is 31.7 Å². The molecule has 1 aromatic rings. The Hall–Kier alpha value is -1.27. The van der Waals surface area contributed by atoms with Crippen molar-refractivity contribution in [3.05, 3.63) is 23.8 Å². The van der Waals surface area contributed by atoms with Gasteiger partial charge in [0.2, 0.25) is 0 Å². The summed E-state index contributed by atoms with van der Waals surface area (Å²) >= 11 is 6.80. The summed E-state index contributed by atoms with van der Waals surface area (Å²) < 4.78 is 4.98. The molecule has 0 aromatic heterocycles. The molecule has 0 radical (unpaired) electrons. The molecule has 110 valence electrons. The van der Waals surface area contributed by atoms with Crippen LogP contribution in [0.4, 0.5) is 5.69 Å². The zero-order valence-electron chi connectivity index (χ0n) is 11.9. The Morgan fingerprint density at radius 2 is 2.20 bits per heavy atom. The molecule has 1 rings (SSSR count). The molecule has 1 aromatic carbocycles. The molecular weight excluding hydrogens is 292 g/mol. The summed E-state index contributed by atoms with van der Waals surface area (Å²) in [5.41, 5.74) is 7.36. The lowest BCUT2D eigenvalue weighted by Gasteiger charge is -2.18. The molecular formula is C14H20N2O2S2. The third-order valence-corrected chi connectivity index (χ3v) is 3.73. The van der Waals surface area contributed by atoms with Crippen LogP contribution in [0.1, 0.15) is 26.3 Å². The maximum absolute atomic E-state index is 11.7. The van der Waals surface area contributed by atoms with Gasteiger partial charge in [-0.15, -0.1) is 11.8 Å². The van der Waals surface area contributed by atoms with Crippen LogP contribution in [-0.4, -0.2) is 29.4 Å². The van der Waals surface area contributed by atoms with E-state index in [0.29, 0.717) is 11.6 Å². The highest BCUT2D eigenvalue weighted by Gasteiger charge is 2.17. The van der Waals surface area contributed by atoms with E-state index in [2.05, 4.69) is 12.2 Å². The molecule has 4 nitrogen and oxygen atoms in total. The molecule has 0 heterocycles. The summed E-state index contributed by atoms with van der Waals surface area (Å²) in [5.74, 6) is 0.627. The van der Waals surface area contributed by atoms with E-state index in [1.54, 1.807) is 25.6 Å². The molecule has 0 amide bonds. The van der Waals surface area contributed by atoms with Gasteiger partial charge in [-0.05, 0) is 31.7 Å². The van der Waals surface area contributed by atoms with E-state index in [-0.39, 0.29) is 5.97 Å². The van der Waals surface area contributed by atoms with Crippen LogP contribution in [0.5, 0.6) is 0 Å². The van der Waals surface area contributed by atoms with Crippen LogP contribution < -0.4 is 11.1 Å². The smallest absolute Gasteiger partial charge is 0.328 e. The number of carbonyl (C=O) groups excluding carboxylic acids is 1. The van der Waals surface area contributed by atoms with Crippen LogP contribution in [0.25, 0.3) is 0 Å². The first-order valence-corrected chi connectivity index (χ1v) is 7.89. The number of hydrogen-bond donors (Lipinski definition) is 2. The number of anilines is 1. The second-order valence-corrected chi connectivity index (χ2v) is 5.84. The van der Waals surface area contributed by atoms with Gasteiger partial charge in [-0.2, -0.15) is 0 Å². The van der Waals surface area contributed by atoms with Gasteiger partial charge in [0.05, 0.1) is 6.61 Å². The first-order valence-electron chi connectivity index (χ1n) is 6.50. The average Bonchev–Trinajstić information content (AvgIpc) is 2.39. The minimum absolute atomic E-state index is 0.296. The number of thiocarbonyl (C=S) groups is 1. The zero-order valence-corrected chi connectivity index (χ0v) is 13.6. The molecule has 0 fully saturated rings. The highest BCUT2D eigenvalue weighted by molar-refractivity contribution is 7.99. The summed E-state index contributed by atoms with van der Waals surface area (Å²) in [7, 11) is 0. The fourth-order valence-electron chi connectivity index (χ4n) is 1.74. The second kappa shape index (κ2) is 8.11. The van der Waals surface area contributed by atoms with Gasteiger partial charge in [0, 0.05) is 16.1 Å². The van der Waals surface area contributed by atoms with E-state index < -0.39 is 6.04 Å². The maximum atomic E-state index is 11.7. The third kappa shape index (κ3) is 4.38. The number of rotatable bonds is 7. The Morgan fingerprint density at radius 3 is 2.75 bits per heavy atom. The Kier molecular flexibility index (Phi) is 6.81. The van der Waals surface area contributed by atoms with E-state index in [1.165, 1.54) is 0 Å². The molecule has 0 bridgehead atoms. The SMILES string of the molecule is CCOC(=O)C(C)Nc1cccc(SCC)c1C(N)=S. The van der Waals surface area contributed by atoms with E-state index >= 15 is 0 Å². The number of nitrogens with two attached hydrogens (primary N) is 1. The number of thioether (sulfide) groups is 1. The Bertz CT molecular complexity index is 492. The highest BCUT2D eigenvalue weighted by Crippen LogP contribution is 2.29. The molecule has 1 unspecified atom stereocenters. The van der Waals surface area contributed by atoms with Gasteiger partial charge in [-0.1, -0.05) is 25.2 Å². The first kappa shape index (κ1) is 16.8. The number of hydrogen-bond acceptors (Lipinski definition) is 5. The summed E-state index contributed by atoms with van der Waals surface area (Å²) in [6.07, 6.45) is 0. The minimum atomic E-state index is -0.454. The summed E-state index contributed by atoms with van der Waals surface area (Å²) in [4.78, 5) is 13.0. The standard InChI is InChI=1S/C14H20N2O2S2/c1-4-18-14(17)9(3)16-10-7-6-8-11(20-5-2)12(10)13(15)19/h6-9,16H,4-5H2,1-3H3,(H2,15,19). The van der Waals surface area contributed by atoms with Crippen LogP contribution >= 0.6 is 24.0 Å². The predicted octanol–water partition coefficient (Wildman–Crippen LogP) is 2.80. The monoisotopic (exact) mass is 312 g/mol. The van der Waals surface area contributed by atoms with Crippen molar-refractivity contribution in [2.24, 2.45) is 5.73 Å². The van der Waals surface area contributed by atoms with Crippen molar-refractivity contribution in [3.63, 3.8) is 0 Å². The highest BCUT2D eigenvalue weighted by atomic mass is 32.2. The fourth-order valence-corrected chi connectivity index (χ4v) is 2.88. The molecule has 3 N–H and O–H groups in total. The van der Waals surface area contributed by atoms with E-state index in [0.717, 1.165) is 21.9 Å². The quantitative estimate of drug-likeness (QED) is 0.458. The van der Waals surface area contributed by atoms with Crippen molar-refractivity contribution in [1.29, 1.82) is 0 Å². The summed E-state index contributed by atoms with van der Waals surface area (Å²) in [5, 5.41) is 3.12. The first-order chi connectivity index (χ1) is 9.51. The number of nitrogens with one attached hydrogen (secondary N) is 1. The van der Waals surface area contributed by atoms with Gasteiger partial charge in [-0.3, -0.25) is 0 Å². The zero-order chi connectivity index (χ0) is 15.1. The van der Waals surface area contributed by atoms with Crippen molar-refractivity contribution in [1.82, 2.24) is 0 Å². The predicted molar refractivity (Wildman–Crippen MR) is 88.4 cm³/mol. The lowest BCUT2D eigenvalue weighted by atomic mass is 10.1. The van der Waals surface area contributed by atoms with Crippen LogP contribution in [0, 0.1) is 0 Å². The van der Waals surface area contributed by atoms with Crippen LogP contribution in [0.15, 0.2) is 23.1 Å². The van der Waals surface area contributed by atoms with Crippen LogP contribution in [0.2, 0.25) is 0 Å². The molecule has 6 heteroatoms. The number of esters is 1. The second-order valence-electron chi connectivity index (χ2n) is 4.09. The third-order valence-electron chi connectivity index (χ3n) is 2.58. The molecule has 0 aliphatic heterocycles. The molecule has 20 heavy (non-hydrogen) atoms. The Balaban J connectivity index is 3.02. The Labute approximate surface area is 129 Å². The van der Waals surface area contributed by atoms with Crippen molar-refractivity contribution in [3.8, 4) is 0 Å². The van der Waals surface area contributed by atoms with Crippen LogP contribution in [0.3, 0.4) is 0 Å². The number of benzene rings is 1. The van der Waals surface area contributed by atoms with E-state index in [4.69, 9.17) is 22.7 Å². The molecule has 1 atom stereocenters. The van der Waals surface area contributed by atoms with Gasteiger partial charge >= 0.3 is 5.97 Å². The number of ether oxygens (including phenoxy) is 1. The fraction of sp³-hybridized carbons (Fsp3) is 0.429. The lowest BCUT2D eigenvalue weighted by molar-refractivity contribution is -0.143. The van der Waals surface area contributed by atoms with E-state index in [1.807, 2.05) is 18.2 Å². The van der Waals surface area contributed by atoms with Gasteiger partial charge in [0.25, 0.3) is 0 Å². The molecule has 0 aliphatic rings. The molecule has 0 spiro atoms. The minimum Gasteiger partial charge on any atom is -0.464 e. The van der Waals surface area contributed by atoms with Crippen LogP contribution in [-0.2, 0) is 9.53 Å². The largest absolute Gasteiger partial charge is 0.464 e. The van der Waals surface area contributed by atoms with E-state index in [9.17, 15) is 4.79 Å². The summed E-state index contributed by atoms with van der Waals surface area (Å²) in [6.45, 7) is 5.96. The Morgan fingerprint density at radius 1 is 1.50 bits per heavy atom. The topological polar surface area (TPSA) is 64.3 Å². The number of carbonyl (C=O) groups is 1. The van der Waals surface area contributed by atoms with Gasteiger partial charge < -0.3 is 15.8 Å². The van der Waals surface area contributed by atoms with Crippen molar-refractivity contribution >= 4 is 40.6 Å². The van der Waals surface area contributed by atoms with Gasteiger partial charge in [0.1, 0.15) is 11.0 Å². The lowest BCUT2D eigenvalue weighted by Crippen LogP contribution is -2.29. The summed E-state index contributed by atoms with van der Waals surface area (Å²) in [6, 6.07) is 5.30. The maximum Gasteiger partial charge on any atom is 0.328 e. The van der Waals surface area contributed by atoms with Gasteiger partial charge in [-0.25, -0.2) is 4.79 Å². The van der Waals surface area contributed by atoms with Gasteiger partial charge in [0.15, 0.2) is 0 Å². The normalized spacial score (nSPS) is 11.8. The van der Waals surface area contributed by atoms with Crippen molar-refractivity contribution < 1.29 is 9.53 Å². The molecule has 0 saturated heterocycles. The molecule has 0 saturated carbocycles. The molecule has 0 aliphatic carbocycles. The van der Waals surface area contributed by atoms with Crippen molar-refractivity contribution in [2.75, 3.05) is 17.7 Å². The average molecular weight is 312 g/mol.